The number of aromatic nitrogens is 4. The largest absolute Gasteiger partial charge is 0.497 e. The van der Waals surface area contributed by atoms with Crippen molar-refractivity contribution in [2.45, 2.75) is 13.5 Å². The van der Waals surface area contributed by atoms with E-state index in [1.165, 1.54) is 16.6 Å². The van der Waals surface area contributed by atoms with Crippen LogP contribution in [0.15, 0.2) is 67.0 Å². The van der Waals surface area contributed by atoms with Crippen molar-refractivity contribution in [1.29, 1.82) is 0 Å². The Balaban J connectivity index is 1.72. The number of hydrogen-bond donors (Lipinski definition) is 1. The number of nitrogens with one attached hydrogen (secondary N) is 1. The Kier molecular flexibility index (Phi) is 6.12. The molecular weight excluding hydrogens is 406 g/mol. The summed E-state index contributed by atoms with van der Waals surface area (Å²) in [5.41, 5.74) is 4.88. The third-order valence-corrected chi connectivity index (χ3v) is 5.08. The summed E-state index contributed by atoms with van der Waals surface area (Å²) in [7, 11) is 3.21. The summed E-state index contributed by atoms with van der Waals surface area (Å²) in [4.78, 5) is 13.0. The topological polar surface area (TPSA) is 91.2 Å². The van der Waals surface area contributed by atoms with E-state index in [2.05, 4.69) is 20.8 Å². The van der Waals surface area contributed by atoms with Crippen LogP contribution in [-0.4, -0.2) is 40.3 Å². The zero-order valence-electron chi connectivity index (χ0n) is 18.1. The lowest BCUT2D eigenvalue weighted by molar-refractivity contribution is 0.0951. The van der Waals surface area contributed by atoms with Crippen molar-refractivity contribution in [1.82, 2.24) is 25.5 Å². The van der Waals surface area contributed by atoms with Crippen LogP contribution >= 0.6 is 0 Å². The minimum Gasteiger partial charge on any atom is -0.497 e. The van der Waals surface area contributed by atoms with E-state index in [1.807, 2.05) is 61.5 Å². The first-order chi connectivity index (χ1) is 15.6. The van der Waals surface area contributed by atoms with Gasteiger partial charge >= 0.3 is 0 Å². The predicted molar refractivity (Wildman–Crippen MR) is 120 cm³/mol. The molecule has 0 aliphatic carbocycles. The molecule has 32 heavy (non-hydrogen) atoms. The zero-order chi connectivity index (χ0) is 22.5. The highest BCUT2D eigenvalue weighted by Gasteiger charge is 2.15. The Hall–Kier alpha value is -4.20. The molecule has 0 atom stereocenters. The SMILES string of the molecule is COc1ccc(OC)c(-c2cc(C(=O)NCc3ccc(C)cc3)cc(-n3cnnn3)c2)c1. The van der Waals surface area contributed by atoms with Gasteiger partial charge in [-0.2, -0.15) is 0 Å². The van der Waals surface area contributed by atoms with E-state index >= 15 is 0 Å². The summed E-state index contributed by atoms with van der Waals surface area (Å²) in [6, 6.07) is 19.0. The molecule has 8 nitrogen and oxygen atoms in total. The maximum absolute atomic E-state index is 13.0. The number of aryl methyl sites for hydroxylation is 1. The number of tetrazole rings is 1. The van der Waals surface area contributed by atoms with E-state index in [1.54, 1.807) is 20.3 Å². The first-order valence-corrected chi connectivity index (χ1v) is 10.0. The number of rotatable bonds is 7. The average molecular weight is 429 g/mol. The number of hydrogen-bond acceptors (Lipinski definition) is 6. The summed E-state index contributed by atoms with van der Waals surface area (Å²) in [6.07, 6.45) is 1.48. The summed E-state index contributed by atoms with van der Waals surface area (Å²) < 4.78 is 12.4. The monoisotopic (exact) mass is 429 g/mol. The van der Waals surface area contributed by atoms with E-state index in [0.717, 1.165) is 16.7 Å². The van der Waals surface area contributed by atoms with Crippen LogP contribution in [0.1, 0.15) is 21.5 Å². The minimum absolute atomic E-state index is 0.205. The molecule has 0 bridgehead atoms. The quantitative estimate of drug-likeness (QED) is 0.483. The third kappa shape index (κ3) is 4.59. The molecule has 4 aromatic rings. The van der Waals surface area contributed by atoms with Crippen molar-refractivity contribution in [3.63, 3.8) is 0 Å². The van der Waals surface area contributed by atoms with Gasteiger partial charge in [-0.25, -0.2) is 4.68 Å². The van der Waals surface area contributed by atoms with Crippen LogP contribution in [0.2, 0.25) is 0 Å². The second-order valence-corrected chi connectivity index (χ2v) is 7.26. The van der Waals surface area contributed by atoms with Gasteiger partial charge in [-0.1, -0.05) is 29.8 Å². The molecule has 0 saturated heterocycles. The van der Waals surface area contributed by atoms with Gasteiger partial charge < -0.3 is 14.8 Å². The number of methoxy groups -OCH3 is 2. The fourth-order valence-corrected chi connectivity index (χ4v) is 3.34. The van der Waals surface area contributed by atoms with Crippen LogP contribution in [0, 0.1) is 6.92 Å². The lowest BCUT2D eigenvalue weighted by atomic mass is 10.00. The molecule has 0 spiro atoms. The van der Waals surface area contributed by atoms with Crippen molar-refractivity contribution in [3.8, 4) is 28.3 Å². The van der Waals surface area contributed by atoms with Gasteiger partial charge in [0, 0.05) is 17.7 Å². The van der Waals surface area contributed by atoms with Crippen LogP contribution < -0.4 is 14.8 Å². The van der Waals surface area contributed by atoms with Crippen molar-refractivity contribution in [2.75, 3.05) is 14.2 Å². The van der Waals surface area contributed by atoms with E-state index in [-0.39, 0.29) is 5.91 Å². The molecule has 0 aliphatic heterocycles. The standard InChI is InChI=1S/C24H23N5O3/c1-16-4-6-17(7-5-16)14-25-24(30)19-10-18(11-20(12-19)29-15-26-27-28-29)22-13-21(31-2)8-9-23(22)32-3/h4-13,15H,14H2,1-3H3,(H,25,30). The number of amides is 1. The van der Waals surface area contributed by atoms with Crippen LogP contribution in [0.5, 0.6) is 11.5 Å². The third-order valence-electron chi connectivity index (χ3n) is 5.08. The van der Waals surface area contributed by atoms with Crippen molar-refractivity contribution >= 4 is 5.91 Å². The summed E-state index contributed by atoms with van der Waals surface area (Å²) in [5.74, 6) is 1.13. The van der Waals surface area contributed by atoms with Crippen molar-refractivity contribution < 1.29 is 14.3 Å². The number of benzene rings is 3. The van der Waals surface area contributed by atoms with Gasteiger partial charge in [0.05, 0.1) is 19.9 Å². The number of nitrogens with zero attached hydrogens (tertiary/aromatic N) is 4. The van der Waals surface area contributed by atoms with Crippen molar-refractivity contribution in [2.24, 2.45) is 0 Å². The van der Waals surface area contributed by atoms with Crippen LogP contribution in [-0.2, 0) is 6.54 Å². The molecule has 0 fully saturated rings. The van der Waals surface area contributed by atoms with Gasteiger partial charge in [0.15, 0.2) is 0 Å². The molecule has 3 aromatic carbocycles. The van der Waals surface area contributed by atoms with E-state index < -0.39 is 0 Å². The summed E-state index contributed by atoms with van der Waals surface area (Å²) in [5, 5.41) is 14.4. The summed E-state index contributed by atoms with van der Waals surface area (Å²) >= 11 is 0. The molecule has 1 N–H and O–H groups in total. The Morgan fingerprint density at radius 3 is 2.50 bits per heavy atom. The Morgan fingerprint density at radius 2 is 1.81 bits per heavy atom. The molecular formula is C24H23N5O3. The van der Waals surface area contributed by atoms with Gasteiger partial charge in [-0.05, 0) is 64.9 Å². The lowest BCUT2D eigenvalue weighted by Crippen LogP contribution is -2.23. The van der Waals surface area contributed by atoms with Crippen LogP contribution in [0.25, 0.3) is 16.8 Å². The maximum Gasteiger partial charge on any atom is 0.251 e. The Bertz CT molecular complexity index is 1220. The van der Waals surface area contributed by atoms with Crippen molar-refractivity contribution in [3.05, 3.63) is 83.7 Å². The van der Waals surface area contributed by atoms with Gasteiger partial charge in [0.25, 0.3) is 5.91 Å². The molecule has 0 aliphatic rings. The lowest BCUT2D eigenvalue weighted by Gasteiger charge is -2.14. The van der Waals surface area contributed by atoms with Gasteiger partial charge in [-0.15, -0.1) is 5.10 Å². The van der Waals surface area contributed by atoms with E-state index in [9.17, 15) is 4.79 Å². The Morgan fingerprint density at radius 1 is 1.00 bits per heavy atom. The molecule has 0 radical (unpaired) electrons. The molecule has 0 saturated carbocycles. The Labute approximate surface area is 185 Å². The second kappa shape index (κ2) is 9.30. The highest BCUT2D eigenvalue weighted by Crippen LogP contribution is 2.35. The highest BCUT2D eigenvalue weighted by atomic mass is 16.5. The van der Waals surface area contributed by atoms with Crippen LogP contribution in [0.4, 0.5) is 0 Å². The van der Waals surface area contributed by atoms with Gasteiger partial charge in [-0.3, -0.25) is 4.79 Å². The fraction of sp³-hybridized carbons (Fsp3) is 0.167. The number of carbonyl (C=O) groups is 1. The minimum atomic E-state index is -0.205. The number of carbonyl (C=O) groups excluding carboxylic acids is 1. The first-order valence-electron chi connectivity index (χ1n) is 10.0. The zero-order valence-corrected chi connectivity index (χ0v) is 18.1. The normalized spacial score (nSPS) is 10.6. The molecule has 4 rings (SSSR count). The fourth-order valence-electron chi connectivity index (χ4n) is 3.34. The van der Waals surface area contributed by atoms with Crippen LogP contribution in [0.3, 0.4) is 0 Å². The highest BCUT2D eigenvalue weighted by molar-refractivity contribution is 5.96. The molecule has 162 valence electrons. The maximum atomic E-state index is 13.0. The number of ether oxygens (including phenoxy) is 2. The van der Waals surface area contributed by atoms with E-state index in [0.29, 0.717) is 29.3 Å². The van der Waals surface area contributed by atoms with Gasteiger partial charge in [0.2, 0.25) is 0 Å². The van der Waals surface area contributed by atoms with Gasteiger partial charge in [0.1, 0.15) is 17.8 Å². The smallest absolute Gasteiger partial charge is 0.251 e. The molecule has 1 heterocycles. The van der Waals surface area contributed by atoms with E-state index in [4.69, 9.17) is 9.47 Å². The predicted octanol–water partition coefficient (Wildman–Crippen LogP) is 3.58. The molecule has 0 unspecified atom stereocenters. The average Bonchev–Trinajstić information content (AvgIpc) is 3.38. The first kappa shape index (κ1) is 21.0. The summed E-state index contributed by atoms with van der Waals surface area (Å²) in [6.45, 7) is 2.45. The molecule has 1 amide bonds. The molecule has 8 heteroatoms. The second-order valence-electron chi connectivity index (χ2n) is 7.26. The molecule has 1 aromatic heterocycles.